The number of hydrogen-bond acceptors (Lipinski definition) is 3. The number of ketones is 1. The molecule has 1 aliphatic heterocycles. The van der Waals surface area contributed by atoms with E-state index in [2.05, 4.69) is 29.5 Å². The highest BCUT2D eigenvalue weighted by molar-refractivity contribution is 6.00. The smallest absolute Gasteiger partial charge is 0.168 e. The molecule has 4 nitrogen and oxygen atoms in total. The molecule has 0 bridgehead atoms. The van der Waals surface area contributed by atoms with Gasteiger partial charge in [-0.1, -0.05) is 66.7 Å². The number of rotatable bonds is 6. The number of fused-ring (bicyclic) bond motifs is 1. The number of halogens is 1. The molecule has 166 valence electrons. The van der Waals surface area contributed by atoms with Crippen LogP contribution in [0.3, 0.4) is 0 Å². The standard InChI is InChI=1S/C28H26FN3O/c1-19-17-26(22-8-3-2-4-9-22)31-28-25(18-30-32(19)28)27(33)16-13-20-7-5-6-10-24(20)21-11-14-23(29)15-12-21/h2-12,14-15,18-19,26,31H,13,16-17H2,1H3. The summed E-state index contributed by atoms with van der Waals surface area (Å²) in [6.45, 7) is 2.14. The molecule has 0 fully saturated rings. The second kappa shape index (κ2) is 9.02. The molecule has 5 rings (SSSR count). The normalized spacial score (nSPS) is 17.3. The monoisotopic (exact) mass is 439 g/mol. The first-order chi connectivity index (χ1) is 16.1. The number of carbonyl (C=O) groups excluding carboxylic acids is 1. The third kappa shape index (κ3) is 4.31. The van der Waals surface area contributed by atoms with E-state index in [4.69, 9.17) is 0 Å². The zero-order valence-electron chi connectivity index (χ0n) is 18.5. The van der Waals surface area contributed by atoms with Gasteiger partial charge in [0.2, 0.25) is 0 Å². The zero-order chi connectivity index (χ0) is 22.8. The maximum absolute atomic E-state index is 13.4. The van der Waals surface area contributed by atoms with E-state index in [9.17, 15) is 9.18 Å². The van der Waals surface area contributed by atoms with E-state index in [1.807, 2.05) is 47.1 Å². The number of aryl methyl sites for hydroxylation is 1. The largest absolute Gasteiger partial charge is 0.363 e. The fourth-order valence-electron chi connectivity index (χ4n) is 4.65. The van der Waals surface area contributed by atoms with Gasteiger partial charge in [-0.25, -0.2) is 9.07 Å². The number of Topliss-reactive ketones (excluding diaryl/α,β-unsaturated/α-hetero) is 1. The molecule has 0 saturated heterocycles. The Morgan fingerprint density at radius 1 is 1.03 bits per heavy atom. The van der Waals surface area contributed by atoms with Gasteiger partial charge in [-0.05, 0) is 54.2 Å². The Balaban J connectivity index is 1.35. The highest BCUT2D eigenvalue weighted by atomic mass is 19.1. The molecule has 4 aromatic rings. The quantitative estimate of drug-likeness (QED) is 0.343. The first kappa shape index (κ1) is 21.1. The minimum atomic E-state index is -0.257. The molecule has 1 aromatic heterocycles. The summed E-state index contributed by atoms with van der Waals surface area (Å²) in [6.07, 6.45) is 3.59. The van der Waals surface area contributed by atoms with Crippen molar-refractivity contribution >= 4 is 11.6 Å². The molecule has 2 unspecified atom stereocenters. The van der Waals surface area contributed by atoms with Crippen molar-refractivity contribution in [2.24, 2.45) is 0 Å². The highest BCUT2D eigenvalue weighted by Crippen LogP contribution is 2.37. The van der Waals surface area contributed by atoms with E-state index in [0.717, 1.165) is 28.9 Å². The predicted molar refractivity (Wildman–Crippen MR) is 129 cm³/mol. The van der Waals surface area contributed by atoms with Gasteiger partial charge in [-0.2, -0.15) is 5.10 Å². The van der Waals surface area contributed by atoms with Gasteiger partial charge >= 0.3 is 0 Å². The minimum Gasteiger partial charge on any atom is -0.363 e. The molecule has 33 heavy (non-hydrogen) atoms. The van der Waals surface area contributed by atoms with E-state index >= 15 is 0 Å². The van der Waals surface area contributed by atoms with Crippen LogP contribution in [-0.2, 0) is 6.42 Å². The summed E-state index contributed by atoms with van der Waals surface area (Å²) in [5.41, 5.74) is 4.90. The van der Waals surface area contributed by atoms with Crippen molar-refractivity contribution in [1.82, 2.24) is 9.78 Å². The fraction of sp³-hybridized carbons (Fsp3) is 0.214. The van der Waals surface area contributed by atoms with E-state index in [1.54, 1.807) is 18.3 Å². The number of hydrogen-bond donors (Lipinski definition) is 1. The van der Waals surface area contributed by atoms with E-state index < -0.39 is 0 Å². The number of nitrogens with zero attached hydrogens (tertiary/aromatic N) is 2. The summed E-state index contributed by atoms with van der Waals surface area (Å²) >= 11 is 0. The van der Waals surface area contributed by atoms with Crippen LogP contribution in [0.25, 0.3) is 11.1 Å². The first-order valence-corrected chi connectivity index (χ1v) is 11.4. The third-order valence-corrected chi connectivity index (χ3v) is 6.40. The lowest BCUT2D eigenvalue weighted by Crippen LogP contribution is -2.26. The van der Waals surface area contributed by atoms with E-state index in [-0.39, 0.29) is 23.7 Å². The van der Waals surface area contributed by atoms with Crippen molar-refractivity contribution in [3.63, 3.8) is 0 Å². The lowest BCUT2D eigenvalue weighted by atomic mass is 9.94. The van der Waals surface area contributed by atoms with Crippen LogP contribution in [0.15, 0.2) is 85.1 Å². The number of nitrogens with one attached hydrogen (secondary N) is 1. The lowest BCUT2D eigenvalue weighted by molar-refractivity contribution is 0.0983. The van der Waals surface area contributed by atoms with Crippen LogP contribution in [0.1, 0.15) is 53.3 Å². The molecule has 3 aromatic carbocycles. The molecule has 2 atom stereocenters. The van der Waals surface area contributed by atoms with Crippen molar-refractivity contribution in [3.05, 3.63) is 108 Å². The summed E-state index contributed by atoms with van der Waals surface area (Å²) in [4.78, 5) is 13.3. The van der Waals surface area contributed by atoms with Crippen LogP contribution in [0, 0.1) is 5.82 Å². The summed E-state index contributed by atoms with van der Waals surface area (Å²) in [5.74, 6) is 0.617. The second-order valence-electron chi connectivity index (χ2n) is 8.63. The van der Waals surface area contributed by atoms with Gasteiger partial charge in [-0.3, -0.25) is 4.79 Å². The molecule has 2 heterocycles. The topological polar surface area (TPSA) is 46.9 Å². The Morgan fingerprint density at radius 3 is 2.55 bits per heavy atom. The van der Waals surface area contributed by atoms with Crippen LogP contribution in [0.5, 0.6) is 0 Å². The van der Waals surface area contributed by atoms with Crippen LogP contribution >= 0.6 is 0 Å². The Hall–Kier alpha value is -3.73. The number of aromatic nitrogens is 2. The van der Waals surface area contributed by atoms with Crippen LogP contribution < -0.4 is 5.32 Å². The maximum Gasteiger partial charge on any atom is 0.168 e. The van der Waals surface area contributed by atoms with Crippen LogP contribution in [0.2, 0.25) is 0 Å². The fourth-order valence-corrected chi connectivity index (χ4v) is 4.65. The van der Waals surface area contributed by atoms with Gasteiger partial charge in [0.15, 0.2) is 5.78 Å². The highest BCUT2D eigenvalue weighted by Gasteiger charge is 2.29. The predicted octanol–water partition coefficient (Wildman–Crippen LogP) is 6.62. The Morgan fingerprint density at radius 2 is 1.76 bits per heavy atom. The van der Waals surface area contributed by atoms with Gasteiger partial charge in [0.25, 0.3) is 0 Å². The van der Waals surface area contributed by atoms with Crippen LogP contribution in [-0.4, -0.2) is 15.6 Å². The van der Waals surface area contributed by atoms with Gasteiger partial charge < -0.3 is 5.32 Å². The summed E-state index contributed by atoms with van der Waals surface area (Å²) in [5, 5.41) is 8.07. The zero-order valence-corrected chi connectivity index (χ0v) is 18.5. The molecule has 1 N–H and O–H groups in total. The van der Waals surface area contributed by atoms with Crippen molar-refractivity contribution in [2.75, 3.05) is 5.32 Å². The second-order valence-corrected chi connectivity index (χ2v) is 8.63. The van der Waals surface area contributed by atoms with Crippen molar-refractivity contribution < 1.29 is 9.18 Å². The van der Waals surface area contributed by atoms with E-state index in [0.29, 0.717) is 18.4 Å². The third-order valence-electron chi connectivity index (χ3n) is 6.40. The summed E-state index contributed by atoms with van der Waals surface area (Å²) < 4.78 is 15.3. The summed E-state index contributed by atoms with van der Waals surface area (Å²) in [6, 6.07) is 25.1. The molecule has 0 saturated carbocycles. The molecular formula is C28H26FN3O. The first-order valence-electron chi connectivity index (χ1n) is 11.4. The number of carbonyl (C=O) groups is 1. The Bertz CT molecular complexity index is 1260. The Labute approximate surface area is 193 Å². The molecular weight excluding hydrogens is 413 g/mol. The molecule has 0 spiro atoms. The van der Waals surface area contributed by atoms with Crippen molar-refractivity contribution in [2.45, 2.75) is 38.3 Å². The van der Waals surface area contributed by atoms with Gasteiger partial charge in [-0.15, -0.1) is 0 Å². The molecule has 0 amide bonds. The lowest BCUT2D eigenvalue weighted by Gasteiger charge is -2.31. The Kier molecular flexibility index (Phi) is 5.78. The average Bonchev–Trinajstić information content (AvgIpc) is 3.29. The van der Waals surface area contributed by atoms with Gasteiger partial charge in [0.05, 0.1) is 23.8 Å². The van der Waals surface area contributed by atoms with Crippen LogP contribution in [0.4, 0.5) is 10.2 Å². The van der Waals surface area contributed by atoms with Crippen molar-refractivity contribution in [3.8, 4) is 11.1 Å². The molecule has 0 aliphatic carbocycles. The molecule has 5 heteroatoms. The maximum atomic E-state index is 13.4. The average molecular weight is 440 g/mol. The molecule has 0 radical (unpaired) electrons. The minimum absolute atomic E-state index is 0.0681. The van der Waals surface area contributed by atoms with Gasteiger partial charge in [0, 0.05) is 6.42 Å². The SMILES string of the molecule is CC1CC(c2ccccc2)Nc2c(C(=O)CCc3ccccc3-c3ccc(F)cc3)cnn21. The van der Waals surface area contributed by atoms with Crippen molar-refractivity contribution in [1.29, 1.82) is 0 Å². The van der Waals surface area contributed by atoms with E-state index in [1.165, 1.54) is 17.7 Å². The number of benzene rings is 3. The summed E-state index contributed by atoms with van der Waals surface area (Å²) in [7, 11) is 0. The van der Waals surface area contributed by atoms with Gasteiger partial charge in [0.1, 0.15) is 11.6 Å². The molecule has 1 aliphatic rings. The number of anilines is 1.